The molecule has 4 nitrogen and oxygen atoms in total. The number of anilines is 2. The van der Waals surface area contributed by atoms with Crippen molar-refractivity contribution in [3.8, 4) is 0 Å². The predicted molar refractivity (Wildman–Crippen MR) is 80.9 cm³/mol. The van der Waals surface area contributed by atoms with Gasteiger partial charge in [-0.3, -0.25) is 4.79 Å². The van der Waals surface area contributed by atoms with Gasteiger partial charge in [0.15, 0.2) is 0 Å². The van der Waals surface area contributed by atoms with E-state index in [-0.39, 0.29) is 12.1 Å². The van der Waals surface area contributed by atoms with Crippen molar-refractivity contribution in [2.45, 2.75) is 12.7 Å². The Balaban J connectivity index is 2.11. The summed E-state index contributed by atoms with van der Waals surface area (Å²) < 4.78 is 51.7. The molecule has 0 bridgehead atoms. The number of rotatable bonds is 5. The molecule has 0 saturated heterocycles. The quantitative estimate of drug-likeness (QED) is 0.730. The summed E-state index contributed by atoms with van der Waals surface area (Å²) in [5.74, 6) is -1.35. The molecule has 24 heavy (non-hydrogen) atoms. The predicted octanol–water partition coefficient (Wildman–Crippen LogP) is 3.39. The number of hydrogen-bond acceptors (Lipinski definition) is 3. The molecule has 1 amide bonds. The van der Waals surface area contributed by atoms with Gasteiger partial charge >= 0.3 is 6.18 Å². The van der Waals surface area contributed by atoms with Gasteiger partial charge in [-0.2, -0.15) is 13.2 Å². The molecule has 2 aromatic rings. The van der Waals surface area contributed by atoms with Crippen LogP contribution in [-0.2, 0) is 17.5 Å². The highest BCUT2D eigenvalue weighted by Crippen LogP contribution is 2.30. The highest BCUT2D eigenvalue weighted by Gasteiger charge is 2.31. The van der Waals surface area contributed by atoms with Gasteiger partial charge in [0.05, 0.1) is 5.56 Å². The first-order valence-electron chi connectivity index (χ1n) is 6.90. The first kappa shape index (κ1) is 17.7. The Hall–Kier alpha value is -2.61. The molecule has 0 aliphatic carbocycles. The van der Waals surface area contributed by atoms with Crippen LogP contribution >= 0.6 is 0 Å². The van der Waals surface area contributed by atoms with Gasteiger partial charge in [0.2, 0.25) is 5.91 Å². The fraction of sp³-hybridized carbons (Fsp3) is 0.188. The number of amides is 1. The van der Waals surface area contributed by atoms with E-state index in [4.69, 9.17) is 5.11 Å². The van der Waals surface area contributed by atoms with Crippen molar-refractivity contribution < 1.29 is 27.5 Å². The van der Waals surface area contributed by atoms with E-state index >= 15 is 0 Å². The van der Waals surface area contributed by atoms with Crippen LogP contribution in [0.2, 0.25) is 0 Å². The molecular formula is C16H14F4N2O2. The molecule has 3 N–H and O–H groups in total. The first-order valence-corrected chi connectivity index (χ1v) is 6.90. The Bertz CT molecular complexity index is 732. The van der Waals surface area contributed by atoms with Crippen molar-refractivity contribution in [1.29, 1.82) is 0 Å². The number of aliphatic hydroxyl groups is 1. The number of hydrogen-bond donors (Lipinski definition) is 3. The Morgan fingerprint density at radius 3 is 2.46 bits per heavy atom. The van der Waals surface area contributed by atoms with Gasteiger partial charge in [-0.25, -0.2) is 4.39 Å². The first-order chi connectivity index (χ1) is 11.3. The van der Waals surface area contributed by atoms with E-state index in [1.165, 1.54) is 6.07 Å². The van der Waals surface area contributed by atoms with Gasteiger partial charge in [-0.1, -0.05) is 6.07 Å². The molecule has 0 fully saturated rings. The number of halogens is 4. The van der Waals surface area contributed by atoms with Gasteiger partial charge < -0.3 is 15.7 Å². The lowest BCUT2D eigenvalue weighted by molar-refractivity contribution is -0.137. The minimum absolute atomic E-state index is 0.130. The zero-order chi connectivity index (χ0) is 17.7. The van der Waals surface area contributed by atoms with Gasteiger partial charge in [0.25, 0.3) is 0 Å². The van der Waals surface area contributed by atoms with E-state index < -0.39 is 30.1 Å². The standard InChI is InChI=1S/C16H14F4N2O2/c17-14-5-4-11(16(18,19)20)6-10(14)8-21-12-2-1-3-13(7-12)22-15(24)9-23/h1-7,21,23H,8-9H2,(H,22,24). The van der Waals surface area contributed by atoms with Gasteiger partial charge in [0, 0.05) is 23.5 Å². The van der Waals surface area contributed by atoms with Crippen LogP contribution in [0.4, 0.5) is 28.9 Å². The highest BCUT2D eigenvalue weighted by molar-refractivity contribution is 5.91. The van der Waals surface area contributed by atoms with Crippen LogP contribution in [0.15, 0.2) is 42.5 Å². The number of aliphatic hydroxyl groups excluding tert-OH is 1. The molecule has 128 valence electrons. The van der Waals surface area contributed by atoms with E-state index in [1.54, 1.807) is 18.2 Å². The summed E-state index contributed by atoms with van der Waals surface area (Å²) in [7, 11) is 0. The van der Waals surface area contributed by atoms with Crippen LogP contribution in [0.3, 0.4) is 0 Å². The molecule has 0 aliphatic heterocycles. The third-order valence-electron chi connectivity index (χ3n) is 3.15. The molecule has 0 atom stereocenters. The number of nitrogens with one attached hydrogen (secondary N) is 2. The van der Waals surface area contributed by atoms with Gasteiger partial charge in [0.1, 0.15) is 12.4 Å². The molecule has 8 heteroatoms. The number of alkyl halides is 3. The van der Waals surface area contributed by atoms with Crippen LogP contribution in [0.5, 0.6) is 0 Å². The monoisotopic (exact) mass is 342 g/mol. The Labute approximate surface area is 135 Å². The van der Waals surface area contributed by atoms with Crippen molar-refractivity contribution in [2.24, 2.45) is 0 Å². The Morgan fingerprint density at radius 2 is 1.79 bits per heavy atom. The topological polar surface area (TPSA) is 61.4 Å². The zero-order valence-electron chi connectivity index (χ0n) is 12.3. The van der Waals surface area contributed by atoms with Crippen molar-refractivity contribution in [3.63, 3.8) is 0 Å². The average Bonchev–Trinajstić information content (AvgIpc) is 2.53. The average molecular weight is 342 g/mol. The van der Waals surface area contributed by atoms with Crippen molar-refractivity contribution >= 4 is 17.3 Å². The van der Waals surface area contributed by atoms with Crippen LogP contribution < -0.4 is 10.6 Å². The van der Waals surface area contributed by atoms with Gasteiger partial charge in [-0.15, -0.1) is 0 Å². The summed E-state index contributed by atoms with van der Waals surface area (Å²) >= 11 is 0. The molecule has 0 aliphatic rings. The second kappa shape index (κ2) is 7.31. The molecule has 0 aromatic heterocycles. The molecule has 0 radical (unpaired) electrons. The normalized spacial score (nSPS) is 11.2. The van der Waals surface area contributed by atoms with E-state index in [0.29, 0.717) is 17.4 Å². The Kier molecular flexibility index (Phi) is 5.40. The van der Waals surface area contributed by atoms with Gasteiger partial charge in [-0.05, 0) is 36.4 Å². The molecule has 0 unspecified atom stereocenters. The third kappa shape index (κ3) is 4.69. The minimum atomic E-state index is -4.54. The third-order valence-corrected chi connectivity index (χ3v) is 3.15. The molecule has 0 heterocycles. The van der Waals surface area contributed by atoms with Crippen LogP contribution in [0.1, 0.15) is 11.1 Å². The SMILES string of the molecule is O=C(CO)Nc1cccc(NCc2cc(C(F)(F)F)ccc2F)c1. The lowest BCUT2D eigenvalue weighted by atomic mass is 10.1. The van der Waals surface area contributed by atoms with Crippen molar-refractivity contribution in [2.75, 3.05) is 17.2 Å². The maximum absolute atomic E-state index is 13.7. The van der Waals surface area contributed by atoms with Crippen LogP contribution in [0.25, 0.3) is 0 Å². The largest absolute Gasteiger partial charge is 0.416 e. The zero-order valence-corrected chi connectivity index (χ0v) is 12.3. The lowest BCUT2D eigenvalue weighted by Gasteiger charge is -2.12. The molecule has 0 saturated carbocycles. The second-order valence-electron chi connectivity index (χ2n) is 4.94. The summed E-state index contributed by atoms with van der Waals surface area (Å²) in [5.41, 5.74) is -0.189. The maximum Gasteiger partial charge on any atom is 0.416 e. The second-order valence-corrected chi connectivity index (χ2v) is 4.94. The number of benzene rings is 2. The molecular weight excluding hydrogens is 328 g/mol. The van der Waals surface area contributed by atoms with E-state index in [2.05, 4.69) is 10.6 Å². The van der Waals surface area contributed by atoms with E-state index in [0.717, 1.165) is 12.1 Å². The van der Waals surface area contributed by atoms with E-state index in [1.807, 2.05) is 0 Å². The summed E-state index contributed by atoms with van der Waals surface area (Å²) in [6, 6.07) is 8.50. The van der Waals surface area contributed by atoms with E-state index in [9.17, 15) is 22.4 Å². The molecule has 2 rings (SSSR count). The Morgan fingerprint density at radius 1 is 1.08 bits per heavy atom. The fourth-order valence-corrected chi connectivity index (χ4v) is 1.99. The van der Waals surface area contributed by atoms with Crippen molar-refractivity contribution in [1.82, 2.24) is 0 Å². The summed E-state index contributed by atoms with van der Waals surface area (Å²) in [4.78, 5) is 11.1. The fourth-order valence-electron chi connectivity index (χ4n) is 1.99. The summed E-state index contributed by atoms with van der Waals surface area (Å²) in [5, 5.41) is 13.9. The lowest BCUT2D eigenvalue weighted by Crippen LogP contribution is -2.15. The molecule has 0 spiro atoms. The van der Waals surface area contributed by atoms with Crippen LogP contribution in [0, 0.1) is 5.82 Å². The minimum Gasteiger partial charge on any atom is -0.387 e. The maximum atomic E-state index is 13.7. The summed E-state index contributed by atoms with van der Waals surface area (Å²) in [6.07, 6.45) is -4.54. The summed E-state index contributed by atoms with van der Waals surface area (Å²) in [6.45, 7) is -0.833. The number of carbonyl (C=O) groups excluding carboxylic acids is 1. The highest BCUT2D eigenvalue weighted by atomic mass is 19.4. The smallest absolute Gasteiger partial charge is 0.387 e. The number of carbonyl (C=O) groups is 1. The van der Waals surface area contributed by atoms with Crippen LogP contribution in [-0.4, -0.2) is 17.6 Å². The van der Waals surface area contributed by atoms with Crippen molar-refractivity contribution in [3.05, 3.63) is 59.4 Å². The molecule has 2 aromatic carbocycles.